The van der Waals surface area contributed by atoms with Crippen LogP contribution in [-0.4, -0.2) is 23.2 Å². The summed E-state index contributed by atoms with van der Waals surface area (Å²) in [5, 5.41) is 0.293. The average molecular weight is 397 g/mol. The first-order valence-electron chi connectivity index (χ1n) is 9.75. The topological polar surface area (TPSA) is 27.7 Å². The molecule has 0 aliphatic carbocycles. The van der Waals surface area contributed by atoms with Gasteiger partial charge in [-0.25, -0.2) is 0 Å². The van der Waals surface area contributed by atoms with Crippen molar-refractivity contribution in [1.29, 1.82) is 0 Å². The molecular weight excluding hydrogens is 356 g/mol. The van der Waals surface area contributed by atoms with Crippen LogP contribution in [0.3, 0.4) is 0 Å². The van der Waals surface area contributed by atoms with E-state index in [1.807, 2.05) is 18.2 Å². The molecule has 1 rings (SSSR count). The summed E-state index contributed by atoms with van der Waals surface area (Å²) in [4.78, 5) is 0. The second kappa shape index (κ2) is 7.97. The molecule has 0 unspecified atom stereocenters. The lowest BCUT2D eigenvalue weighted by atomic mass is 10.2. The summed E-state index contributed by atoms with van der Waals surface area (Å²) < 4.78 is 19.0. The van der Waals surface area contributed by atoms with Gasteiger partial charge >= 0.3 is 0 Å². The molecule has 0 fully saturated rings. The fourth-order valence-electron chi connectivity index (χ4n) is 1.86. The molecule has 0 saturated heterocycles. The first kappa shape index (κ1) is 23.1. The smallest absolute Gasteiger partial charge is 0.250 e. The summed E-state index contributed by atoms with van der Waals surface area (Å²) in [7, 11) is -3.84. The molecular formula is C21H40O3Si2. The fraction of sp³-hybridized carbons (Fsp3) is 0.714. The maximum absolute atomic E-state index is 6.52. The Morgan fingerprint density at radius 2 is 1.04 bits per heavy atom. The van der Waals surface area contributed by atoms with Crippen LogP contribution in [0, 0.1) is 0 Å². The molecule has 150 valence electrons. The number of benzene rings is 1. The van der Waals surface area contributed by atoms with E-state index >= 15 is 0 Å². The van der Waals surface area contributed by atoms with E-state index in [2.05, 4.69) is 74.7 Å². The van der Waals surface area contributed by atoms with Gasteiger partial charge in [0.1, 0.15) is 17.2 Å². The minimum atomic E-state index is -1.92. The quantitative estimate of drug-likeness (QED) is 0.454. The molecule has 1 aromatic rings. The van der Waals surface area contributed by atoms with Gasteiger partial charge in [0.05, 0.1) is 6.61 Å². The summed E-state index contributed by atoms with van der Waals surface area (Å²) in [5.41, 5.74) is 0. The molecule has 0 aliphatic heterocycles. The van der Waals surface area contributed by atoms with Crippen LogP contribution in [0.25, 0.3) is 0 Å². The predicted molar refractivity (Wildman–Crippen MR) is 118 cm³/mol. The van der Waals surface area contributed by atoms with Crippen molar-refractivity contribution in [3.8, 4) is 17.2 Å². The molecule has 0 atom stereocenters. The Balaban J connectivity index is 3.23. The molecule has 0 radical (unpaired) electrons. The summed E-state index contributed by atoms with van der Waals surface area (Å²) in [5.74, 6) is 2.55. The summed E-state index contributed by atoms with van der Waals surface area (Å²) in [6, 6.07) is 6.06. The van der Waals surface area contributed by atoms with Gasteiger partial charge in [-0.15, -0.1) is 0 Å². The number of ether oxygens (including phenoxy) is 1. The molecule has 26 heavy (non-hydrogen) atoms. The molecule has 5 heteroatoms. The molecule has 1 aromatic carbocycles. The Bertz CT molecular complexity index is 550. The molecule has 0 bridgehead atoms. The molecule has 0 N–H and O–H groups in total. The van der Waals surface area contributed by atoms with E-state index in [1.54, 1.807) is 0 Å². The molecule has 0 saturated carbocycles. The summed E-state index contributed by atoms with van der Waals surface area (Å²) in [6.07, 6.45) is 0.978. The van der Waals surface area contributed by atoms with Crippen LogP contribution in [0.4, 0.5) is 0 Å². The Labute approximate surface area is 163 Å². The van der Waals surface area contributed by atoms with E-state index in [-0.39, 0.29) is 10.1 Å². The molecule has 0 aromatic heterocycles. The zero-order valence-electron chi connectivity index (χ0n) is 18.9. The lowest BCUT2D eigenvalue weighted by molar-refractivity contribution is 0.314. The van der Waals surface area contributed by atoms with E-state index in [9.17, 15) is 0 Å². The minimum Gasteiger partial charge on any atom is -0.543 e. The second-order valence-corrected chi connectivity index (χ2v) is 19.7. The highest BCUT2D eigenvalue weighted by molar-refractivity contribution is 6.75. The summed E-state index contributed by atoms with van der Waals surface area (Å²) in [6.45, 7) is 25.4. The maximum atomic E-state index is 6.52. The Hall–Kier alpha value is -0.946. The first-order valence-corrected chi connectivity index (χ1v) is 15.6. The standard InChI is InChI=1S/C21H40O3Si2/c1-12-13-22-17-14-18(23-25(8,9)20(2,3)4)16-19(15-17)24-26(10,11)21(5,6)7/h14-16H,12-13H2,1-11H3. The third-order valence-corrected chi connectivity index (χ3v) is 14.4. The van der Waals surface area contributed by atoms with Crippen LogP contribution in [-0.2, 0) is 0 Å². The van der Waals surface area contributed by atoms with E-state index in [0.717, 1.165) is 23.7 Å². The average Bonchev–Trinajstić information content (AvgIpc) is 2.41. The van der Waals surface area contributed by atoms with Crippen molar-refractivity contribution < 1.29 is 13.6 Å². The van der Waals surface area contributed by atoms with Crippen LogP contribution in [0.2, 0.25) is 36.3 Å². The van der Waals surface area contributed by atoms with E-state index < -0.39 is 16.6 Å². The first-order chi connectivity index (χ1) is 11.6. The highest BCUT2D eigenvalue weighted by Gasteiger charge is 2.40. The normalized spacial score (nSPS) is 13.5. The zero-order valence-corrected chi connectivity index (χ0v) is 20.9. The van der Waals surface area contributed by atoms with Gasteiger partial charge in [-0.05, 0) is 42.7 Å². The van der Waals surface area contributed by atoms with Crippen LogP contribution in [0.5, 0.6) is 17.2 Å². The number of rotatable bonds is 7. The highest BCUT2D eigenvalue weighted by atomic mass is 28.4. The van der Waals surface area contributed by atoms with Crippen LogP contribution in [0.1, 0.15) is 54.9 Å². The van der Waals surface area contributed by atoms with Gasteiger partial charge in [-0.2, -0.15) is 0 Å². The van der Waals surface area contributed by atoms with Gasteiger partial charge in [-0.3, -0.25) is 0 Å². The van der Waals surface area contributed by atoms with Crippen molar-refractivity contribution in [2.24, 2.45) is 0 Å². The van der Waals surface area contributed by atoms with Crippen molar-refractivity contribution in [2.75, 3.05) is 6.61 Å². The monoisotopic (exact) mass is 396 g/mol. The van der Waals surface area contributed by atoms with Gasteiger partial charge in [0, 0.05) is 18.2 Å². The largest absolute Gasteiger partial charge is 0.543 e. The molecule has 0 amide bonds. The molecule has 0 aliphatic rings. The van der Waals surface area contributed by atoms with Crippen molar-refractivity contribution in [2.45, 2.75) is 91.2 Å². The van der Waals surface area contributed by atoms with E-state index in [1.165, 1.54) is 0 Å². The molecule has 3 nitrogen and oxygen atoms in total. The van der Waals surface area contributed by atoms with E-state index in [4.69, 9.17) is 13.6 Å². The molecule has 0 heterocycles. The third kappa shape index (κ3) is 6.05. The lowest BCUT2D eigenvalue weighted by Gasteiger charge is -2.38. The van der Waals surface area contributed by atoms with Crippen molar-refractivity contribution in [3.63, 3.8) is 0 Å². The minimum absolute atomic E-state index is 0.147. The van der Waals surface area contributed by atoms with Gasteiger partial charge < -0.3 is 13.6 Å². The predicted octanol–water partition coefficient (Wildman–Crippen LogP) is 7.24. The number of hydrogen-bond acceptors (Lipinski definition) is 3. The maximum Gasteiger partial charge on any atom is 0.250 e. The zero-order chi connectivity index (χ0) is 20.4. The van der Waals surface area contributed by atoms with E-state index in [0.29, 0.717) is 6.61 Å². The van der Waals surface area contributed by atoms with Crippen molar-refractivity contribution in [1.82, 2.24) is 0 Å². The summed E-state index contributed by atoms with van der Waals surface area (Å²) >= 11 is 0. The third-order valence-electron chi connectivity index (χ3n) is 5.68. The Kier molecular flexibility index (Phi) is 7.08. The van der Waals surface area contributed by atoms with Crippen LogP contribution in [0.15, 0.2) is 18.2 Å². The van der Waals surface area contributed by atoms with Gasteiger partial charge in [-0.1, -0.05) is 48.5 Å². The fourth-order valence-corrected chi connectivity index (χ4v) is 3.89. The second-order valence-electron chi connectivity index (χ2n) is 10.2. The Morgan fingerprint density at radius 3 is 1.35 bits per heavy atom. The number of hydrogen-bond donors (Lipinski definition) is 0. The van der Waals surface area contributed by atoms with Gasteiger partial charge in [0.15, 0.2) is 0 Å². The lowest BCUT2D eigenvalue weighted by Crippen LogP contribution is -2.44. The molecule has 0 spiro atoms. The highest BCUT2D eigenvalue weighted by Crippen LogP contribution is 2.41. The van der Waals surface area contributed by atoms with Gasteiger partial charge in [0.25, 0.3) is 0 Å². The Morgan fingerprint density at radius 1 is 0.692 bits per heavy atom. The van der Waals surface area contributed by atoms with Crippen molar-refractivity contribution in [3.05, 3.63) is 18.2 Å². The SMILES string of the molecule is CCCOc1cc(O[Si](C)(C)C(C)(C)C)cc(O[Si](C)(C)C(C)(C)C)c1. The van der Waals surface area contributed by atoms with Crippen LogP contribution >= 0.6 is 0 Å². The van der Waals surface area contributed by atoms with Gasteiger partial charge in [0.2, 0.25) is 16.6 Å². The van der Waals surface area contributed by atoms with Crippen LogP contribution < -0.4 is 13.6 Å². The van der Waals surface area contributed by atoms with Crippen molar-refractivity contribution >= 4 is 16.6 Å².